The number of nitrogens with one attached hydrogen (secondary N) is 1. The Kier molecular flexibility index (Phi) is 5.22. The van der Waals surface area contributed by atoms with Gasteiger partial charge in [0.05, 0.1) is 26.7 Å². The Labute approximate surface area is 171 Å². The van der Waals surface area contributed by atoms with Gasteiger partial charge in [-0.1, -0.05) is 18.2 Å². The predicted octanol–water partition coefficient (Wildman–Crippen LogP) is 4.59. The molecule has 4 rings (SSSR count). The number of aromatic nitrogens is 1. The Morgan fingerprint density at radius 1 is 1.17 bits per heavy atom. The number of amides is 1. The van der Waals surface area contributed by atoms with E-state index in [9.17, 15) is 4.79 Å². The maximum atomic E-state index is 12.9. The molecule has 5 heteroatoms. The molecule has 1 heterocycles. The first-order valence-electron chi connectivity index (χ1n) is 10.1. The van der Waals surface area contributed by atoms with E-state index in [1.54, 1.807) is 14.2 Å². The molecule has 2 aromatic carbocycles. The van der Waals surface area contributed by atoms with Gasteiger partial charge in [0.1, 0.15) is 0 Å². The maximum absolute atomic E-state index is 12.9. The SMILES string of the molecule is COc1cc2c(cc1OC)C(NC(=O)Cc1cn(C(C)C)c3ccccc13)CC2. The van der Waals surface area contributed by atoms with Crippen LogP contribution < -0.4 is 14.8 Å². The largest absolute Gasteiger partial charge is 0.493 e. The van der Waals surface area contributed by atoms with E-state index in [0.717, 1.165) is 35.1 Å². The van der Waals surface area contributed by atoms with E-state index in [-0.39, 0.29) is 11.9 Å². The summed E-state index contributed by atoms with van der Waals surface area (Å²) in [5, 5.41) is 4.38. The van der Waals surface area contributed by atoms with E-state index in [4.69, 9.17) is 9.47 Å². The fourth-order valence-electron chi connectivity index (χ4n) is 4.35. The minimum Gasteiger partial charge on any atom is -0.493 e. The minimum atomic E-state index is 0.00996. The summed E-state index contributed by atoms with van der Waals surface area (Å²) in [5.41, 5.74) is 4.58. The van der Waals surface area contributed by atoms with Gasteiger partial charge in [-0.3, -0.25) is 4.79 Å². The number of carbonyl (C=O) groups is 1. The third-order valence-electron chi connectivity index (χ3n) is 5.79. The van der Waals surface area contributed by atoms with Gasteiger partial charge in [-0.2, -0.15) is 0 Å². The molecule has 1 aliphatic carbocycles. The van der Waals surface area contributed by atoms with Gasteiger partial charge in [0.2, 0.25) is 5.91 Å². The molecule has 0 bridgehead atoms. The molecule has 1 atom stereocenters. The number of aryl methyl sites for hydroxylation is 1. The van der Waals surface area contributed by atoms with E-state index < -0.39 is 0 Å². The van der Waals surface area contributed by atoms with Crippen molar-refractivity contribution in [2.45, 2.75) is 45.2 Å². The van der Waals surface area contributed by atoms with Crippen LogP contribution in [0, 0.1) is 0 Å². The molecule has 152 valence electrons. The molecule has 1 unspecified atom stereocenters. The fourth-order valence-corrected chi connectivity index (χ4v) is 4.35. The van der Waals surface area contributed by atoms with E-state index >= 15 is 0 Å². The Bertz CT molecular complexity index is 1050. The lowest BCUT2D eigenvalue weighted by Gasteiger charge is -2.16. The van der Waals surface area contributed by atoms with Crippen molar-refractivity contribution >= 4 is 16.8 Å². The van der Waals surface area contributed by atoms with Crippen LogP contribution >= 0.6 is 0 Å². The molecule has 3 aromatic rings. The van der Waals surface area contributed by atoms with Gasteiger partial charge in [0.25, 0.3) is 0 Å². The van der Waals surface area contributed by atoms with Crippen molar-refractivity contribution in [1.29, 1.82) is 0 Å². The summed E-state index contributed by atoms with van der Waals surface area (Å²) in [5.74, 6) is 1.48. The lowest BCUT2D eigenvalue weighted by molar-refractivity contribution is -0.121. The Morgan fingerprint density at radius 3 is 2.62 bits per heavy atom. The third-order valence-corrected chi connectivity index (χ3v) is 5.79. The van der Waals surface area contributed by atoms with Crippen molar-refractivity contribution in [2.24, 2.45) is 0 Å². The van der Waals surface area contributed by atoms with Crippen LogP contribution in [0.2, 0.25) is 0 Å². The van der Waals surface area contributed by atoms with Gasteiger partial charge >= 0.3 is 0 Å². The molecule has 29 heavy (non-hydrogen) atoms. The molecule has 0 fully saturated rings. The second kappa shape index (κ2) is 7.82. The Morgan fingerprint density at radius 2 is 1.90 bits per heavy atom. The number of hydrogen-bond acceptors (Lipinski definition) is 3. The molecule has 0 radical (unpaired) electrons. The van der Waals surface area contributed by atoms with Crippen molar-refractivity contribution in [3.63, 3.8) is 0 Å². The average Bonchev–Trinajstić information content (AvgIpc) is 3.28. The Balaban J connectivity index is 1.55. The van der Waals surface area contributed by atoms with Crippen LogP contribution in [-0.2, 0) is 17.6 Å². The van der Waals surface area contributed by atoms with E-state index in [1.807, 2.05) is 24.3 Å². The molecular weight excluding hydrogens is 364 g/mol. The van der Waals surface area contributed by atoms with E-state index in [1.165, 1.54) is 11.1 Å². The lowest BCUT2D eigenvalue weighted by atomic mass is 10.1. The molecular formula is C24H28N2O3. The topological polar surface area (TPSA) is 52.5 Å². The number of fused-ring (bicyclic) bond motifs is 2. The van der Waals surface area contributed by atoms with Crippen molar-refractivity contribution in [3.8, 4) is 11.5 Å². The summed E-state index contributed by atoms with van der Waals surface area (Å²) in [4.78, 5) is 12.9. The first-order valence-corrected chi connectivity index (χ1v) is 10.1. The van der Waals surface area contributed by atoms with Crippen LogP contribution in [0.3, 0.4) is 0 Å². The van der Waals surface area contributed by atoms with Crippen LogP contribution in [-0.4, -0.2) is 24.7 Å². The zero-order valence-corrected chi connectivity index (χ0v) is 17.5. The first kappa shape index (κ1) is 19.4. The van der Waals surface area contributed by atoms with Crippen LogP contribution in [0.15, 0.2) is 42.6 Å². The van der Waals surface area contributed by atoms with Crippen LogP contribution in [0.1, 0.15) is 49.0 Å². The number of para-hydroxylation sites is 1. The lowest BCUT2D eigenvalue weighted by Crippen LogP contribution is -2.28. The van der Waals surface area contributed by atoms with E-state index in [2.05, 4.69) is 42.1 Å². The summed E-state index contributed by atoms with van der Waals surface area (Å²) in [6.07, 6.45) is 4.31. The summed E-state index contributed by atoms with van der Waals surface area (Å²) in [6, 6.07) is 12.7. The van der Waals surface area contributed by atoms with Crippen LogP contribution in [0.25, 0.3) is 10.9 Å². The summed E-state index contributed by atoms with van der Waals surface area (Å²) < 4.78 is 13.1. The molecule has 0 aliphatic heterocycles. The van der Waals surface area contributed by atoms with Crippen molar-refractivity contribution in [1.82, 2.24) is 9.88 Å². The van der Waals surface area contributed by atoms with Gasteiger partial charge in [-0.05, 0) is 61.6 Å². The third kappa shape index (κ3) is 3.57. The number of nitrogens with zero attached hydrogens (tertiary/aromatic N) is 1. The zero-order chi connectivity index (χ0) is 20.5. The molecule has 1 amide bonds. The van der Waals surface area contributed by atoms with Crippen LogP contribution in [0.4, 0.5) is 0 Å². The van der Waals surface area contributed by atoms with Gasteiger partial charge < -0.3 is 19.4 Å². The van der Waals surface area contributed by atoms with Gasteiger partial charge in [0, 0.05) is 23.1 Å². The smallest absolute Gasteiger partial charge is 0.224 e. The number of carbonyl (C=O) groups excluding carboxylic acids is 1. The zero-order valence-electron chi connectivity index (χ0n) is 17.5. The maximum Gasteiger partial charge on any atom is 0.224 e. The molecule has 1 aromatic heterocycles. The minimum absolute atomic E-state index is 0.00996. The summed E-state index contributed by atoms with van der Waals surface area (Å²) >= 11 is 0. The second-order valence-corrected chi connectivity index (χ2v) is 7.91. The monoisotopic (exact) mass is 392 g/mol. The molecule has 1 aliphatic rings. The number of rotatable bonds is 6. The number of methoxy groups -OCH3 is 2. The van der Waals surface area contributed by atoms with Gasteiger partial charge in [-0.25, -0.2) is 0 Å². The number of ether oxygens (including phenoxy) is 2. The Hall–Kier alpha value is -2.95. The molecule has 1 N–H and O–H groups in total. The fraction of sp³-hybridized carbons (Fsp3) is 0.375. The number of hydrogen-bond donors (Lipinski definition) is 1. The van der Waals surface area contributed by atoms with E-state index in [0.29, 0.717) is 18.2 Å². The predicted molar refractivity (Wildman–Crippen MR) is 115 cm³/mol. The average molecular weight is 392 g/mol. The number of benzene rings is 2. The highest BCUT2D eigenvalue weighted by Crippen LogP contribution is 2.39. The molecule has 0 saturated carbocycles. The second-order valence-electron chi connectivity index (χ2n) is 7.91. The highest BCUT2D eigenvalue weighted by atomic mass is 16.5. The van der Waals surface area contributed by atoms with Gasteiger partial charge in [0.15, 0.2) is 11.5 Å². The van der Waals surface area contributed by atoms with Crippen molar-refractivity contribution < 1.29 is 14.3 Å². The quantitative estimate of drug-likeness (QED) is 0.668. The van der Waals surface area contributed by atoms with Crippen LogP contribution in [0.5, 0.6) is 11.5 Å². The molecule has 5 nitrogen and oxygen atoms in total. The summed E-state index contributed by atoms with van der Waals surface area (Å²) in [6.45, 7) is 4.32. The molecule has 0 spiro atoms. The first-order chi connectivity index (χ1) is 14.0. The standard InChI is InChI=1S/C24H28N2O3/c1-15(2)26-14-17(18-7-5-6-8-21(18)26)12-24(27)25-20-10-9-16-11-22(28-3)23(29-4)13-19(16)20/h5-8,11,13-15,20H,9-10,12H2,1-4H3,(H,25,27). The highest BCUT2D eigenvalue weighted by molar-refractivity contribution is 5.89. The van der Waals surface area contributed by atoms with Gasteiger partial charge in [-0.15, -0.1) is 0 Å². The summed E-state index contributed by atoms with van der Waals surface area (Å²) in [7, 11) is 3.28. The van der Waals surface area contributed by atoms with Crippen molar-refractivity contribution in [3.05, 3.63) is 59.3 Å². The van der Waals surface area contributed by atoms with Crippen molar-refractivity contribution in [2.75, 3.05) is 14.2 Å². The highest BCUT2D eigenvalue weighted by Gasteiger charge is 2.26. The molecule has 0 saturated heterocycles. The normalized spacial score (nSPS) is 15.6.